The molecule has 0 spiro atoms. The first-order chi connectivity index (χ1) is 15.8. The van der Waals surface area contributed by atoms with Crippen LogP contribution in [0.5, 0.6) is 0 Å². The molecule has 3 heterocycles. The Balaban J connectivity index is 0.00000228. The molecule has 0 aliphatic carbocycles. The van der Waals surface area contributed by atoms with Crippen molar-refractivity contribution in [2.24, 2.45) is 9.98 Å². The Bertz CT molecular complexity index is 1340. The average Bonchev–Trinajstić information content (AvgIpc) is 3.61. The zero-order chi connectivity index (χ0) is 21.3. The summed E-state index contributed by atoms with van der Waals surface area (Å²) in [5.74, 6) is 1.97. The van der Waals surface area contributed by atoms with Gasteiger partial charge in [-0.25, -0.2) is 0 Å². The lowest BCUT2D eigenvalue weighted by Gasteiger charge is -2.09. The van der Waals surface area contributed by atoms with E-state index in [9.17, 15) is 0 Å². The van der Waals surface area contributed by atoms with Crippen LogP contribution in [0.4, 0.5) is 11.4 Å². The highest BCUT2D eigenvalue weighted by atomic mass is 35.5. The number of aromatic nitrogens is 1. The van der Waals surface area contributed by atoms with E-state index in [0.29, 0.717) is 0 Å². The lowest BCUT2D eigenvalue weighted by atomic mass is 10.1. The fraction of sp³-hybridized carbons (Fsp3) is 0.154. The van der Waals surface area contributed by atoms with Gasteiger partial charge < -0.3 is 20.9 Å². The van der Waals surface area contributed by atoms with Crippen LogP contribution in [-0.4, -0.2) is 42.8 Å². The normalized spacial score (nSPS) is 14.8. The van der Waals surface area contributed by atoms with Crippen molar-refractivity contribution in [3.8, 4) is 11.3 Å². The molecule has 166 valence electrons. The molecular weight excluding hydrogens is 432 g/mol. The molecule has 0 radical (unpaired) electrons. The van der Waals surface area contributed by atoms with Crippen LogP contribution in [0.2, 0.25) is 0 Å². The molecule has 7 heteroatoms. The number of benzene rings is 3. The Morgan fingerprint density at radius 3 is 1.82 bits per heavy atom. The molecular formula is C26H25ClN6. The quantitative estimate of drug-likeness (QED) is 0.351. The van der Waals surface area contributed by atoms with E-state index in [0.717, 1.165) is 77.1 Å². The minimum atomic E-state index is 0. The van der Waals surface area contributed by atoms with Gasteiger partial charge in [0.05, 0.1) is 13.1 Å². The van der Waals surface area contributed by atoms with E-state index >= 15 is 0 Å². The minimum absolute atomic E-state index is 0. The maximum absolute atomic E-state index is 4.52. The lowest BCUT2D eigenvalue weighted by Crippen LogP contribution is -2.19. The standard InChI is InChI=1S/C26H24N6.ClH/c1-2-20(26-29-13-14-30-26)16-24-19(1)15-23(32-24)17-3-7-21(8-4-17)31-22-9-5-18(6-10-22)25-27-11-12-28-25;/h1-10,15-16,31-32H,11-14H2,(H,27,28)(H,29,30);1H. The molecule has 4 aromatic rings. The Labute approximate surface area is 198 Å². The Kier molecular flexibility index (Phi) is 5.75. The smallest absolute Gasteiger partial charge is 0.128 e. The van der Waals surface area contributed by atoms with Crippen molar-refractivity contribution in [2.45, 2.75) is 0 Å². The van der Waals surface area contributed by atoms with Crippen LogP contribution < -0.4 is 16.0 Å². The van der Waals surface area contributed by atoms with Crippen molar-refractivity contribution in [3.05, 3.63) is 83.9 Å². The number of fused-ring (bicyclic) bond motifs is 1. The van der Waals surface area contributed by atoms with Crippen LogP contribution >= 0.6 is 12.4 Å². The second kappa shape index (κ2) is 9.00. The van der Waals surface area contributed by atoms with E-state index in [4.69, 9.17) is 0 Å². The summed E-state index contributed by atoms with van der Waals surface area (Å²) >= 11 is 0. The number of hydrogen-bond acceptors (Lipinski definition) is 5. The van der Waals surface area contributed by atoms with Gasteiger partial charge in [0.2, 0.25) is 0 Å². The summed E-state index contributed by atoms with van der Waals surface area (Å²) in [5.41, 5.74) is 7.76. The van der Waals surface area contributed by atoms with Gasteiger partial charge in [0.25, 0.3) is 0 Å². The molecule has 0 bridgehead atoms. The van der Waals surface area contributed by atoms with Gasteiger partial charge in [-0.2, -0.15) is 0 Å². The molecule has 6 nitrogen and oxygen atoms in total. The number of H-pyrrole nitrogens is 1. The Hall–Kier alpha value is -3.77. The van der Waals surface area contributed by atoms with E-state index in [-0.39, 0.29) is 12.4 Å². The predicted molar refractivity (Wildman–Crippen MR) is 140 cm³/mol. The Morgan fingerprint density at radius 1 is 0.636 bits per heavy atom. The Morgan fingerprint density at radius 2 is 1.21 bits per heavy atom. The molecule has 0 unspecified atom stereocenters. The zero-order valence-corrected chi connectivity index (χ0v) is 18.9. The van der Waals surface area contributed by atoms with Gasteiger partial charge in [-0.05, 0) is 54.1 Å². The SMILES string of the molecule is Cl.c1cc(C2=NCCN2)ccc1Nc1ccc(-c2cc3ccc(C4=NCCN4)cc3[nH]2)cc1. The van der Waals surface area contributed by atoms with Crippen LogP contribution in [0, 0.1) is 0 Å². The van der Waals surface area contributed by atoms with Crippen molar-refractivity contribution >= 4 is 46.4 Å². The van der Waals surface area contributed by atoms with Gasteiger partial charge in [0.15, 0.2) is 0 Å². The fourth-order valence-electron chi connectivity index (χ4n) is 4.22. The highest BCUT2D eigenvalue weighted by Gasteiger charge is 2.11. The molecule has 6 rings (SSSR count). The monoisotopic (exact) mass is 456 g/mol. The van der Waals surface area contributed by atoms with Gasteiger partial charge in [0, 0.05) is 52.2 Å². The van der Waals surface area contributed by atoms with Gasteiger partial charge in [-0.1, -0.05) is 24.3 Å². The average molecular weight is 457 g/mol. The van der Waals surface area contributed by atoms with Crippen molar-refractivity contribution in [1.82, 2.24) is 15.6 Å². The van der Waals surface area contributed by atoms with E-state index in [1.807, 2.05) is 0 Å². The van der Waals surface area contributed by atoms with Crippen LogP contribution in [0.1, 0.15) is 11.1 Å². The summed E-state index contributed by atoms with van der Waals surface area (Å²) < 4.78 is 0. The third-order valence-corrected chi connectivity index (χ3v) is 5.89. The van der Waals surface area contributed by atoms with Crippen molar-refractivity contribution in [1.29, 1.82) is 0 Å². The third kappa shape index (κ3) is 4.30. The highest BCUT2D eigenvalue weighted by molar-refractivity contribution is 6.03. The van der Waals surface area contributed by atoms with Crippen LogP contribution in [0.25, 0.3) is 22.2 Å². The summed E-state index contributed by atoms with van der Waals surface area (Å²) in [6.07, 6.45) is 0. The predicted octanol–water partition coefficient (Wildman–Crippen LogP) is 4.70. The fourth-order valence-corrected chi connectivity index (χ4v) is 4.22. The van der Waals surface area contributed by atoms with Gasteiger partial charge >= 0.3 is 0 Å². The molecule has 0 saturated carbocycles. The number of nitrogens with zero attached hydrogens (tertiary/aromatic N) is 2. The first kappa shape index (κ1) is 21.1. The number of halogens is 1. The number of hydrogen-bond donors (Lipinski definition) is 4. The molecule has 4 N–H and O–H groups in total. The lowest BCUT2D eigenvalue weighted by molar-refractivity contribution is 0.960. The third-order valence-electron chi connectivity index (χ3n) is 5.89. The largest absolute Gasteiger partial charge is 0.368 e. The molecule has 3 aromatic carbocycles. The van der Waals surface area contributed by atoms with Crippen molar-refractivity contribution in [2.75, 3.05) is 31.5 Å². The van der Waals surface area contributed by atoms with Gasteiger partial charge in [-0.15, -0.1) is 12.4 Å². The molecule has 0 atom stereocenters. The molecule has 0 saturated heterocycles. The van der Waals surface area contributed by atoms with E-state index in [1.165, 1.54) is 5.39 Å². The maximum Gasteiger partial charge on any atom is 0.128 e. The molecule has 2 aliphatic rings. The van der Waals surface area contributed by atoms with Crippen molar-refractivity contribution < 1.29 is 0 Å². The summed E-state index contributed by atoms with van der Waals surface area (Å²) in [4.78, 5) is 12.6. The summed E-state index contributed by atoms with van der Waals surface area (Å²) in [6, 6.07) is 25.5. The second-order valence-corrected chi connectivity index (χ2v) is 8.08. The number of anilines is 2. The first-order valence-corrected chi connectivity index (χ1v) is 11.0. The number of rotatable bonds is 5. The molecule has 33 heavy (non-hydrogen) atoms. The maximum atomic E-state index is 4.52. The molecule has 0 amide bonds. The van der Waals surface area contributed by atoms with Gasteiger partial charge in [-0.3, -0.25) is 9.98 Å². The highest BCUT2D eigenvalue weighted by Crippen LogP contribution is 2.27. The number of aromatic amines is 1. The van der Waals surface area contributed by atoms with E-state index < -0.39 is 0 Å². The zero-order valence-electron chi connectivity index (χ0n) is 18.1. The van der Waals surface area contributed by atoms with E-state index in [1.54, 1.807) is 0 Å². The topological polar surface area (TPSA) is 76.6 Å². The van der Waals surface area contributed by atoms with Crippen LogP contribution in [0.3, 0.4) is 0 Å². The number of amidine groups is 2. The van der Waals surface area contributed by atoms with Gasteiger partial charge in [0.1, 0.15) is 11.7 Å². The van der Waals surface area contributed by atoms with E-state index in [2.05, 4.69) is 104 Å². The summed E-state index contributed by atoms with van der Waals surface area (Å²) in [6.45, 7) is 3.54. The molecule has 1 aromatic heterocycles. The van der Waals surface area contributed by atoms with Crippen molar-refractivity contribution in [3.63, 3.8) is 0 Å². The number of nitrogens with one attached hydrogen (secondary N) is 4. The van der Waals surface area contributed by atoms with Crippen LogP contribution in [-0.2, 0) is 0 Å². The summed E-state index contributed by atoms with van der Waals surface area (Å²) in [5, 5.41) is 11.3. The second-order valence-electron chi connectivity index (χ2n) is 8.08. The summed E-state index contributed by atoms with van der Waals surface area (Å²) in [7, 11) is 0. The molecule has 0 fully saturated rings. The minimum Gasteiger partial charge on any atom is -0.368 e. The molecule has 2 aliphatic heterocycles. The first-order valence-electron chi connectivity index (χ1n) is 11.0. The number of aliphatic imine (C=N–C) groups is 2. The van der Waals surface area contributed by atoms with Crippen LogP contribution in [0.15, 0.2) is 82.8 Å².